The maximum atomic E-state index is 11.6. The lowest BCUT2D eigenvalue weighted by Gasteiger charge is -2.11. The van der Waals surface area contributed by atoms with Gasteiger partial charge in [0.25, 0.3) is 0 Å². The normalized spacial score (nSPS) is 10.1. The molecule has 0 aromatic heterocycles. The van der Waals surface area contributed by atoms with E-state index in [-0.39, 0.29) is 5.97 Å². The predicted molar refractivity (Wildman–Crippen MR) is 74.0 cm³/mol. The Balaban J connectivity index is 2.72. The quantitative estimate of drug-likeness (QED) is 0.625. The molecule has 0 unspecified atom stereocenters. The molecule has 0 aliphatic carbocycles. The van der Waals surface area contributed by atoms with E-state index in [0.29, 0.717) is 5.56 Å². The van der Waals surface area contributed by atoms with Crippen molar-refractivity contribution >= 4 is 23.4 Å². The van der Waals surface area contributed by atoms with E-state index in [1.807, 2.05) is 36.9 Å². The van der Waals surface area contributed by atoms with Gasteiger partial charge in [0, 0.05) is 12.2 Å². The summed E-state index contributed by atoms with van der Waals surface area (Å²) in [7, 11) is 1.40. The standard InChI is InChI=1S/C13H19NO2S/c1-10-5-6-12(14-7-4-8-17-3)11(9-10)13(15)16-2/h5-6,9,14H,4,7-8H2,1-3H3. The molecular weight excluding hydrogens is 234 g/mol. The first-order valence-corrected chi connectivity index (χ1v) is 7.00. The van der Waals surface area contributed by atoms with Crippen LogP contribution >= 0.6 is 11.8 Å². The maximum absolute atomic E-state index is 11.6. The van der Waals surface area contributed by atoms with Gasteiger partial charge in [0.05, 0.1) is 12.7 Å². The molecule has 0 heterocycles. The smallest absolute Gasteiger partial charge is 0.339 e. The van der Waals surface area contributed by atoms with Crippen molar-refractivity contribution < 1.29 is 9.53 Å². The van der Waals surface area contributed by atoms with Crippen LogP contribution in [0.2, 0.25) is 0 Å². The average Bonchev–Trinajstić information content (AvgIpc) is 2.35. The Hall–Kier alpha value is -1.16. The van der Waals surface area contributed by atoms with Gasteiger partial charge in [0.15, 0.2) is 0 Å². The van der Waals surface area contributed by atoms with Gasteiger partial charge in [0.2, 0.25) is 0 Å². The Labute approximate surface area is 107 Å². The number of esters is 1. The van der Waals surface area contributed by atoms with Gasteiger partial charge in [0.1, 0.15) is 0 Å². The third-order valence-electron chi connectivity index (χ3n) is 2.42. The van der Waals surface area contributed by atoms with Crippen molar-refractivity contribution in [2.45, 2.75) is 13.3 Å². The summed E-state index contributed by atoms with van der Waals surface area (Å²) in [5, 5.41) is 3.28. The van der Waals surface area contributed by atoms with Gasteiger partial charge in [-0.2, -0.15) is 11.8 Å². The Morgan fingerprint density at radius 3 is 2.88 bits per heavy atom. The maximum Gasteiger partial charge on any atom is 0.339 e. The number of carbonyl (C=O) groups excluding carboxylic acids is 1. The Bertz CT molecular complexity index is 380. The van der Waals surface area contributed by atoms with Crippen molar-refractivity contribution in [2.24, 2.45) is 0 Å². The molecule has 0 saturated carbocycles. The minimum absolute atomic E-state index is 0.291. The lowest BCUT2D eigenvalue weighted by atomic mass is 10.1. The number of benzene rings is 1. The van der Waals surface area contributed by atoms with Crippen LogP contribution in [-0.4, -0.2) is 31.6 Å². The summed E-state index contributed by atoms with van der Waals surface area (Å²) in [6.45, 7) is 2.83. The fourth-order valence-electron chi connectivity index (χ4n) is 1.53. The minimum Gasteiger partial charge on any atom is -0.465 e. The van der Waals surface area contributed by atoms with Crippen LogP contribution in [0.3, 0.4) is 0 Å². The van der Waals surface area contributed by atoms with Gasteiger partial charge in [-0.15, -0.1) is 0 Å². The monoisotopic (exact) mass is 253 g/mol. The molecule has 17 heavy (non-hydrogen) atoms. The SMILES string of the molecule is COC(=O)c1cc(C)ccc1NCCCSC. The summed E-state index contributed by atoms with van der Waals surface area (Å²) in [5.41, 5.74) is 2.51. The van der Waals surface area contributed by atoms with E-state index in [4.69, 9.17) is 4.74 Å². The van der Waals surface area contributed by atoms with Crippen LogP contribution in [0.1, 0.15) is 22.3 Å². The third kappa shape index (κ3) is 4.30. The number of methoxy groups -OCH3 is 1. The second-order valence-electron chi connectivity index (χ2n) is 3.81. The lowest BCUT2D eigenvalue weighted by molar-refractivity contribution is 0.0601. The summed E-state index contributed by atoms with van der Waals surface area (Å²) in [6.07, 6.45) is 3.17. The highest BCUT2D eigenvalue weighted by molar-refractivity contribution is 7.98. The highest BCUT2D eigenvalue weighted by Crippen LogP contribution is 2.18. The Kier molecular flexibility index (Phi) is 5.91. The first-order chi connectivity index (χ1) is 8.19. The summed E-state index contributed by atoms with van der Waals surface area (Å²) >= 11 is 1.82. The Morgan fingerprint density at radius 2 is 2.24 bits per heavy atom. The number of hydrogen-bond acceptors (Lipinski definition) is 4. The molecule has 0 spiro atoms. The van der Waals surface area contributed by atoms with E-state index >= 15 is 0 Å². The van der Waals surface area contributed by atoms with Crippen molar-refractivity contribution in [3.8, 4) is 0 Å². The van der Waals surface area contributed by atoms with Crippen molar-refractivity contribution in [2.75, 3.05) is 31.0 Å². The van der Waals surface area contributed by atoms with Crippen LogP contribution < -0.4 is 5.32 Å². The number of nitrogens with one attached hydrogen (secondary N) is 1. The molecule has 1 aromatic rings. The molecule has 1 rings (SSSR count). The first-order valence-electron chi connectivity index (χ1n) is 5.61. The zero-order valence-electron chi connectivity index (χ0n) is 10.6. The number of aryl methyl sites for hydroxylation is 1. The second-order valence-corrected chi connectivity index (χ2v) is 4.80. The Morgan fingerprint density at radius 1 is 1.47 bits per heavy atom. The predicted octanol–water partition coefficient (Wildman–Crippen LogP) is 2.95. The minimum atomic E-state index is -0.291. The summed E-state index contributed by atoms with van der Waals surface area (Å²) in [5.74, 6) is 0.827. The molecule has 1 aromatic carbocycles. The zero-order chi connectivity index (χ0) is 12.7. The number of thioether (sulfide) groups is 1. The molecule has 0 atom stereocenters. The van der Waals surface area contributed by atoms with Crippen LogP contribution in [0.5, 0.6) is 0 Å². The summed E-state index contributed by atoms with van der Waals surface area (Å²) in [4.78, 5) is 11.6. The van der Waals surface area contributed by atoms with Crippen LogP contribution in [0, 0.1) is 6.92 Å². The van der Waals surface area contributed by atoms with Gasteiger partial charge in [-0.05, 0) is 37.5 Å². The van der Waals surface area contributed by atoms with Gasteiger partial charge in [-0.1, -0.05) is 11.6 Å². The number of ether oxygens (including phenoxy) is 1. The van der Waals surface area contributed by atoms with Gasteiger partial charge < -0.3 is 10.1 Å². The molecule has 94 valence electrons. The fourth-order valence-corrected chi connectivity index (χ4v) is 1.96. The van der Waals surface area contributed by atoms with E-state index in [1.165, 1.54) is 7.11 Å². The second kappa shape index (κ2) is 7.22. The van der Waals surface area contributed by atoms with E-state index in [1.54, 1.807) is 0 Å². The lowest BCUT2D eigenvalue weighted by Crippen LogP contribution is -2.10. The van der Waals surface area contributed by atoms with Crippen molar-refractivity contribution in [1.82, 2.24) is 0 Å². The molecule has 0 radical (unpaired) electrons. The van der Waals surface area contributed by atoms with E-state index in [2.05, 4.69) is 11.6 Å². The van der Waals surface area contributed by atoms with E-state index in [0.717, 1.165) is 30.0 Å². The largest absolute Gasteiger partial charge is 0.465 e. The molecule has 0 fully saturated rings. The van der Waals surface area contributed by atoms with E-state index in [9.17, 15) is 4.79 Å². The van der Waals surface area contributed by atoms with Crippen molar-refractivity contribution in [1.29, 1.82) is 0 Å². The molecule has 0 aliphatic heterocycles. The highest BCUT2D eigenvalue weighted by Gasteiger charge is 2.11. The molecule has 3 nitrogen and oxygen atoms in total. The molecule has 4 heteroatoms. The van der Waals surface area contributed by atoms with Crippen LogP contribution in [0.25, 0.3) is 0 Å². The van der Waals surface area contributed by atoms with Crippen molar-refractivity contribution in [3.63, 3.8) is 0 Å². The molecule has 0 saturated heterocycles. The molecule has 0 bridgehead atoms. The van der Waals surface area contributed by atoms with Crippen LogP contribution in [-0.2, 0) is 4.74 Å². The summed E-state index contributed by atoms with van der Waals surface area (Å²) in [6, 6.07) is 5.77. The van der Waals surface area contributed by atoms with Gasteiger partial charge in [-0.3, -0.25) is 0 Å². The fraction of sp³-hybridized carbons (Fsp3) is 0.462. The third-order valence-corrected chi connectivity index (χ3v) is 3.12. The average molecular weight is 253 g/mol. The molecule has 1 N–H and O–H groups in total. The molecule has 0 aliphatic rings. The zero-order valence-corrected chi connectivity index (χ0v) is 11.4. The summed E-state index contributed by atoms with van der Waals surface area (Å²) < 4.78 is 4.78. The number of carbonyl (C=O) groups is 1. The molecule has 0 amide bonds. The van der Waals surface area contributed by atoms with Crippen LogP contribution in [0.4, 0.5) is 5.69 Å². The van der Waals surface area contributed by atoms with Crippen molar-refractivity contribution in [3.05, 3.63) is 29.3 Å². The van der Waals surface area contributed by atoms with Gasteiger partial charge >= 0.3 is 5.97 Å². The van der Waals surface area contributed by atoms with E-state index < -0.39 is 0 Å². The number of anilines is 1. The molecular formula is C13H19NO2S. The topological polar surface area (TPSA) is 38.3 Å². The first kappa shape index (κ1) is 13.9. The highest BCUT2D eigenvalue weighted by atomic mass is 32.2. The van der Waals surface area contributed by atoms with Crippen LogP contribution in [0.15, 0.2) is 18.2 Å². The number of rotatable bonds is 6. The number of hydrogen-bond donors (Lipinski definition) is 1. The van der Waals surface area contributed by atoms with Gasteiger partial charge in [-0.25, -0.2) is 4.79 Å².